The van der Waals surface area contributed by atoms with Gasteiger partial charge in [-0.1, -0.05) is 23.7 Å². The minimum atomic E-state index is -0.209. The SMILES string of the molecule is COc1ccc(Cl)c(NCC(=O)Nc2ccccc2SCC#N)c1. The van der Waals surface area contributed by atoms with E-state index < -0.39 is 0 Å². The van der Waals surface area contributed by atoms with Crippen LogP contribution in [0.4, 0.5) is 11.4 Å². The number of halogens is 1. The van der Waals surface area contributed by atoms with E-state index in [9.17, 15) is 4.79 Å². The second kappa shape index (κ2) is 9.06. The molecule has 0 atom stereocenters. The van der Waals surface area contributed by atoms with Crippen molar-refractivity contribution in [1.29, 1.82) is 5.26 Å². The monoisotopic (exact) mass is 361 g/mol. The van der Waals surface area contributed by atoms with Gasteiger partial charge in [-0.2, -0.15) is 5.26 Å². The maximum absolute atomic E-state index is 12.2. The number of nitrogens with zero attached hydrogens (tertiary/aromatic N) is 1. The van der Waals surface area contributed by atoms with E-state index in [1.807, 2.05) is 18.2 Å². The molecule has 7 heteroatoms. The molecule has 2 aromatic rings. The number of carbonyl (C=O) groups excluding carboxylic acids is 1. The number of nitrogens with one attached hydrogen (secondary N) is 2. The highest BCUT2D eigenvalue weighted by atomic mass is 35.5. The van der Waals surface area contributed by atoms with Gasteiger partial charge in [0.15, 0.2) is 0 Å². The highest BCUT2D eigenvalue weighted by Gasteiger charge is 2.08. The minimum absolute atomic E-state index is 0.0597. The Morgan fingerprint density at radius 3 is 2.83 bits per heavy atom. The average molecular weight is 362 g/mol. The molecule has 0 aliphatic heterocycles. The molecule has 2 rings (SSSR count). The zero-order valence-electron chi connectivity index (χ0n) is 13.0. The molecule has 0 unspecified atom stereocenters. The summed E-state index contributed by atoms with van der Waals surface area (Å²) < 4.78 is 5.14. The van der Waals surface area contributed by atoms with Crippen molar-refractivity contribution in [1.82, 2.24) is 0 Å². The Bertz CT molecular complexity index is 762. The van der Waals surface area contributed by atoms with Crippen molar-refractivity contribution in [2.75, 3.05) is 30.0 Å². The number of para-hydroxylation sites is 1. The lowest BCUT2D eigenvalue weighted by Gasteiger charge is -2.12. The fourth-order valence-corrected chi connectivity index (χ4v) is 2.80. The third kappa shape index (κ3) is 5.08. The highest BCUT2D eigenvalue weighted by molar-refractivity contribution is 7.99. The van der Waals surface area contributed by atoms with E-state index in [1.165, 1.54) is 11.8 Å². The van der Waals surface area contributed by atoms with Crippen LogP contribution in [0.15, 0.2) is 47.4 Å². The lowest BCUT2D eigenvalue weighted by molar-refractivity contribution is -0.114. The quantitative estimate of drug-likeness (QED) is 0.729. The molecule has 0 saturated heterocycles. The van der Waals surface area contributed by atoms with Gasteiger partial charge in [-0.3, -0.25) is 4.79 Å². The summed E-state index contributed by atoms with van der Waals surface area (Å²) in [5, 5.41) is 15.0. The first-order valence-electron chi connectivity index (χ1n) is 7.10. The Balaban J connectivity index is 1.98. The van der Waals surface area contributed by atoms with E-state index in [2.05, 4.69) is 16.7 Å². The van der Waals surface area contributed by atoms with Gasteiger partial charge in [-0.25, -0.2) is 0 Å². The number of carbonyl (C=O) groups is 1. The van der Waals surface area contributed by atoms with Gasteiger partial charge in [0.05, 0.1) is 41.9 Å². The number of anilines is 2. The normalized spacial score (nSPS) is 9.88. The minimum Gasteiger partial charge on any atom is -0.497 e. The predicted octanol–water partition coefficient (Wildman–Crippen LogP) is 4.01. The molecule has 1 amide bonds. The van der Waals surface area contributed by atoms with Gasteiger partial charge in [0.2, 0.25) is 5.91 Å². The lowest BCUT2D eigenvalue weighted by atomic mass is 10.3. The van der Waals surface area contributed by atoms with Crippen LogP contribution in [0.25, 0.3) is 0 Å². The Morgan fingerprint density at radius 2 is 2.08 bits per heavy atom. The summed E-state index contributed by atoms with van der Waals surface area (Å²) in [6.07, 6.45) is 0. The molecule has 24 heavy (non-hydrogen) atoms. The molecular formula is C17H16ClN3O2S. The summed E-state index contributed by atoms with van der Waals surface area (Å²) in [5.74, 6) is 0.768. The van der Waals surface area contributed by atoms with Gasteiger partial charge in [0, 0.05) is 11.0 Å². The molecule has 2 N–H and O–H groups in total. The highest BCUT2D eigenvalue weighted by Crippen LogP contribution is 2.28. The van der Waals surface area contributed by atoms with Crippen molar-refractivity contribution in [2.45, 2.75) is 4.90 Å². The maximum Gasteiger partial charge on any atom is 0.243 e. The first kappa shape index (κ1) is 18.0. The summed E-state index contributed by atoms with van der Waals surface area (Å²) >= 11 is 7.47. The van der Waals surface area contributed by atoms with Crippen molar-refractivity contribution >= 4 is 40.6 Å². The number of ether oxygens (including phenoxy) is 1. The summed E-state index contributed by atoms with van der Waals surface area (Å²) in [6, 6.07) is 14.6. The standard InChI is InChI=1S/C17H16ClN3O2S/c1-23-12-6-7-13(18)15(10-12)20-11-17(22)21-14-4-2-3-5-16(14)24-9-8-19/h2-7,10,20H,9,11H2,1H3,(H,21,22). The molecule has 0 aromatic heterocycles. The summed E-state index contributed by atoms with van der Waals surface area (Å²) in [4.78, 5) is 13.0. The van der Waals surface area contributed by atoms with Crippen LogP contribution in [0, 0.1) is 11.3 Å². The molecule has 0 radical (unpaired) electrons. The molecule has 5 nitrogen and oxygen atoms in total. The first-order chi connectivity index (χ1) is 11.6. The van der Waals surface area contributed by atoms with E-state index in [4.69, 9.17) is 21.6 Å². The molecule has 0 saturated carbocycles. The zero-order chi connectivity index (χ0) is 17.4. The number of methoxy groups -OCH3 is 1. The third-order valence-corrected chi connectivity index (χ3v) is 4.34. The topological polar surface area (TPSA) is 74.2 Å². The molecule has 0 aliphatic rings. The summed E-state index contributed by atoms with van der Waals surface area (Å²) in [5.41, 5.74) is 1.31. The van der Waals surface area contributed by atoms with Crippen LogP contribution in [-0.2, 0) is 4.79 Å². The smallest absolute Gasteiger partial charge is 0.243 e. The van der Waals surface area contributed by atoms with E-state index >= 15 is 0 Å². The van der Waals surface area contributed by atoms with Gasteiger partial charge in [-0.05, 0) is 24.3 Å². The number of hydrogen-bond acceptors (Lipinski definition) is 5. The van der Waals surface area contributed by atoms with Crippen molar-refractivity contribution < 1.29 is 9.53 Å². The van der Waals surface area contributed by atoms with Crippen LogP contribution in [0.3, 0.4) is 0 Å². The first-order valence-corrected chi connectivity index (χ1v) is 8.46. The van der Waals surface area contributed by atoms with E-state index in [-0.39, 0.29) is 12.5 Å². The fraction of sp³-hybridized carbons (Fsp3) is 0.176. The van der Waals surface area contributed by atoms with Gasteiger partial charge in [0.25, 0.3) is 0 Å². The number of benzene rings is 2. The molecular weight excluding hydrogens is 346 g/mol. The van der Waals surface area contributed by atoms with Crippen LogP contribution in [0.2, 0.25) is 5.02 Å². The second-order valence-corrected chi connectivity index (χ2v) is 6.11. The Hall–Kier alpha value is -2.36. The van der Waals surface area contributed by atoms with Crippen LogP contribution < -0.4 is 15.4 Å². The van der Waals surface area contributed by atoms with Gasteiger partial charge < -0.3 is 15.4 Å². The average Bonchev–Trinajstić information content (AvgIpc) is 2.60. The molecule has 0 spiro atoms. The van der Waals surface area contributed by atoms with Gasteiger partial charge in [0.1, 0.15) is 5.75 Å². The van der Waals surface area contributed by atoms with Crippen LogP contribution in [0.1, 0.15) is 0 Å². The Morgan fingerprint density at radius 1 is 1.29 bits per heavy atom. The number of nitriles is 1. The predicted molar refractivity (Wildman–Crippen MR) is 97.9 cm³/mol. The molecule has 0 aliphatic carbocycles. The molecule has 124 valence electrons. The molecule has 0 heterocycles. The Kier molecular flexibility index (Phi) is 6.79. The van der Waals surface area contributed by atoms with Crippen LogP contribution in [-0.4, -0.2) is 25.3 Å². The van der Waals surface area contributed by atoms with Crippen molar-refractivity contribution in [3.05, 3.63) is 47.5 Å². The largest absolute Gasteiger partial charge is 0.497 e. The molecule has 0 bridgehead atoms. The maximum atomic E-state index is 12.2. The van der Waals surface area contributed by atoms with Crippen molar-refractivity contribution in [3.63, 3.8) is 0 Å². The van der Waals surface area contributed by atoms with Crippen LogP contribution >= 0.6 is 23.4 Å². The van der Waals surface area contributed by atoms with Gasteiger partial charge >= 0.3 is 0 Å². The van der Waals surface area contributed by atoms with E-state index in [1.54, 1.807) is 31.4 Å². The lowest BCUT2D eigenvalue weighted by Crippen LogP contribution is -2.22. The number of hydrogen-bond donors (Lipinski definition) is 2. The number of rotatable bonds is 7. The van der Waals surface area contributed by atoms with Gasteiger partial charge in [-0.15, -0.1) is 11.8 Å². The molecule has 2 aromatic carbocycles. The summed E-state index contributed by atoms with van der Waals surface area (Å²) in [7, 11) is 1.57. The van der Waals surface area contributed by atoms with Crippen LogP contribution in [0.5, 0.6) is 5.75 Å². The summed E-state index contributed by atoms with van der Waals surface area (Å²) in [6.45, 7) is 0.0597. The molecule has 0 fully saturated rings. The number of thioether (sulfide) groups is 1. The zero-order valence-corrected chi connectivity index (χ0v) is 14.6. The van der Waals surface area contributed by atoms with E-state index in [0.29, 0.717) is 27.9 Å². The van der Waals surface area contributed by atoms with E-state index in [0.717, 1.165) is 4.90 Å². The number of amides is 1. The third-order valence-electron chi connectivity index (χ3n) is 3.07. The van der Waals surface area contributed by atoms with Crippen molar-refractivity contribution in [2.24, 2.45) is 0 Å². The second-order valence-electron chi connectivity index (χ2n) is 4.69. The Labute approximate surface area is 150 Å². The fourth-order valence-electron chi connectivity index (χ4n) is 1.94. The van der Waals surface area contributed by atoms with Crippen molar-refractivity contribution in [3.8, 4) is 11.8 Å².